The molecule has 120 valence electrons. The van der Waals surface area contributed by atoms with Gasteiger partial charge in [0.1, 0.15) is 5.82 Å². The number of rotatable bonds is 4. The van der Waals surface area contributed by atoms with Gasteiger partial charge in [0, 0.05) is 24.2 Å². The van der Waals surface area contributed by atoms with Crippen molar-refractivity contribution in [1.82, 2.24) is 10.2 Å². The number of benzene rings is 1. The van der Waals surface area contributed by atoms with E-state index in [4.69, 9.17) is 17.3 Å². The van der Waals surface area contributed by atoms with E-state index in [1.54, 1.807) is 6.07 Å². The highest BCUT2D eigenvalue weighted by Crippen LogP contribution is 2.32. The number of carbonyl (C=O) groups is 1. The molecule has 2 fully saturated rings. The third-order valence-electron chi connectivity index (χ3n) is 4.49. The van der Waals surface area contributed by atoms with Crippen LogP contribution in [0, 0.1) is 5.82 Å². The van der Waals surface area contributed by atoms with E-state index in [0.717, 1.165) is 44.3 Å². The Morgan fingerprint density at radius 1 is 1.50 bits per heavy atom. The van der Waals surface area contributed by atoms with Crippen LogP contribution in [0.25, 0.3) is 0 Å². The zero-order valence-corrected chi connectivity index (χ0v) is 13.2. The smallest absolute Gasteiger partial charge is 0.240 e. The summed E-state index contributed by atoms with van der Waals surface area (Å²) in [5, 5.41) is 3.51. The Hall–Kier alpha value is -1.17. The van der Waals surface area contributed by atoms with Crippen molar-refractivity contribution in [3.63, 3.8) is 0 Å². The van der Waals surface area contributed by atoms with Crippen LogP contribution in [0.3, 0.4) is 0 Å². The van der Waals surface area contributed by atoms with Crippen molar-refractivity contribution in [3.05, 3.63) is 34.6 Å². The van der Waals surface area contributed by atoms with Crippen LogP contribution in [0.2, 0.25) is 5.02 Å². The Bertz CT molecular complexity index is 577. The first kappa shape index (κ1) is 15.7. The van der Waals surface area contributed by atoms with Gasteiger partial charge in [-0.25, -0.2) is 4.39 Å². The number of hydrogen-bond donors (Lipinski definition) is 2. The minimum Gasteiger partial charge on any atom is -0.350 e. The number of nitrogens with zero attached hydrogens (tertiary/aromatic N) is 1. The van der Waals surface area contributed by atoms with Crippen molar-refractivity contribution in [2.75, 3.05) is 13.1 Å². The van der Waals surface area contributed by atoms with Gasteiger partial charge in [0.25, 0.3) is 0 Å². The number of piperidine rings is 1. The fourth-order valence-electron chi connectivity index (χ4n) is 2.90. The summed E-state index contributed by atoms with van der Waals surface area (Å²) in [6.45, 7) is 2.39. The summed E-state index contributed by atoms with van der Waals surface area (Å²) in [4.78, 5) is 14.3. The monoisotopic (exact) mass is 325 g/mol. The highest BCUT2D eigenvalue weighted by Gasteiger charge is 2.46. The number of nitrogens with one attached hydrogen (secondary N) is 1. The molecule has 3 N–H and O–H groups in total. The van der Waals surface area contributed by atoms with Crippen LogP contribution >= 0.6 is 11.6 Å². The molecule has 1 unspecified atom stereocenters. The second-order valence-corrected chi connectivity index (χ2v) is 6.85. The van der Waals surface area contributed by atoms with Crippen LogP contribution in [0.1, 0.15) is 31.2 Å². The quantitative estimate of drug-likeness (QED) is 0.891. The first-order chi connectivity index (χ1) is 10.5. The summed E-state index contributed by atoms with van der Waals surface area (Å²) in [5.74, 6) is -0.352. The lowest BCUT2D eigenvalue weighted by Crippen LogP contribution is -2.52. The maximum absolute atomic E-state index is 13.1. The molecule has 0 aromatic heterocycles. The van der Waals surface area contributed by atoms with E-state index in [-0.39, 0.29) is 17.8 Å². The first-order valence-corrected chi connectivity index (χ1v) is 8.10. The standard InChI is InChI=1S/C16H21ClFN3O/c17-14-8-12(18)4-3-11(14)9-21-7-1-2-13(10-21)20-15(22)16(19)5-6-16/h3-4,8,13H,1-2,5-7,9-10,19H2,(H,20,22). The van der Waals surface area contributed by atoms with Crippen LogP contribution in [-0.4, -0.2) is 35.5 Å². The SMILES string of the molecule is NC1(C(=O)NC2CCCN(Cc3ccc(F)cc3Cl)C2)CC1. The molecule has 22 heavy (non-hydrogen) atoms. The summed E-state index contributed by atoms with van der Waals surface area (Å²) in [6, 6.07) is 4.61. The number of nitrogens with two attached hydrogens (primary N) is 1. The van der Waals surface area contributed by atoms with Crippen LogP contribution in [0.4, 0.5) is 4.39 Å². The van der Waals surface area contributed by atoms with E-state index in [2.05, 4.69) is 10.2 Å². The Balaban J connectivity index is 1.57. The lowest BCUT2D eigenvalue weighted by molar-refractivity contribution is -0.124. The van der Waals surface area contributed by atoms with E-state index in [0.29, 0.717) is 11.6 Å². The van der Waals surface area contributed by atoms with E-state index in [1.165, 1.54) is 12.1 Å². The molecule has 0 radical (unpaired) electrons. The van der Waals surface area contributed by atoms with Crippen LogP contribution in [0.5, 0.6) is 0 Å². The summed E-state index contributed by atoms with van der Waals surface area (Å²) < 4.78 is 13.1. The summed E-state index contributed by atoms with van der Waals surface area (Å²) >= 11 is 6.08. The maximum atomic E-state index is 13.1. The number of carbonyl (C=O) groups excluding carboxylic acids is 1. The van der Waals surface area contributed by atoms with Gasteiger partial charge in [-0.2, -0.15) is 0 Å². The molecule has 1 heterocycles. The van der Waals surface area contributed by atoms with Crippen LogP contribution in [-0.2, 0) is 11.3 Å². The topological polar surface area (TPSA) is 58.4 Å². The molecule has 1 saturated carbocycles. The van der Waals surface area contributed by atoms with Gasteiger partial charge in [-0.15, -0.1) is 0 Å². The normalized spacial score (nSPS) is 24.0. The predicted octanol–water partition coefficient (Wildman–Crippen LogP) is 2.05. The van der Waals surface area contributed by atoms with E-state index >= 15 is 0 Å². The number of hydrogen-bond acceptors (Lipinski definition) is 3. The number of amides is 1. The average molecular weight is 326 g/mol. The molecule has 1 aromatic rings. The highest BCUT2D eigenvalue weighted by atomic mass is 35.5. The largest absolute Gasteiger partial charge is 0.350 e. The molecule has 1 atom stereocenters. The third kappa shape index (κ3) is 3.59. The van der Waals surface area contributed by atoms with Gasteiger partial charge in [-0.05, 0) is 49.9 Å². The van der Waals surface area contributed by atoms with Crippen molar-refractivity contribution >= 4 is 17.5 Å². The van der Waals surface area contributed by atoms with Crippen LogP contribution in [0.15, 0.2) is 18.2 Å². The van der Waals surface area contributed by atoms with Crippen molar-refractivity contribution < 1.29 is 9.18 Å². The maximum Gasteiger partial charge on any atom is 0.240 e. The summed E-state index contributed by atoms with van der Waals surface area (Å²) in [7, 11) is 0. The molecule has 1 aromatic carbocycles. The number of likely N-dealkylation sites (tertiary alicyclic amines) is 1. The molecule has 2 aliphatic rings. The fraction of sp³-hybridized carbons (Fsp3) is 0.562. The van der Waals surface area contributed by atoms with E-state index in [9.17, 15) is 9.18 Å². The van der Waals surface area contributed by atoms with Crippen molar-refractivity contribution in [2.24, 2.45) is 5.73 Å². The second kappa shape index (κ2) is 6.14. The molecule has 1 amide bonds. The first-order valence-electron chi connectivity index (χ1n) is 7.72. The second-order valence-electron chi connectivity index (χ2n) is 6.44. The zero-order chi connectivity index (χ0) is 15.7. The fourth-order valence-corrected chi connectivity index (χ4v) is 3.13. The van der Waals surface area contributed by atoms with Gasteiger partial charge in [0.05, 0.1) is 5.54 Å². The predicted molar refractivity (Wildman–Crippen MR) is 84.0 cm³/mol. The van der Waals surface area contributed by atoms with Gasteiger partial charge in [-0.3, -0.25) is 9.69 Å². The van der Waals surface area contributed by atoms with Gasteiger partial charge in [-0.1, -0.05) is 17.7 Å². The van der Waals surface area contributed by atoms with E-state index in [1.807, 2.05) is 0 Å². The zero-order valence-electron chi connectivity index (χ0n) is 12.4. The van der Waals surface area contributed by atoms with Crippen LogP contribution < -0.4 is 11.1 Å². The van der Waals surface area contributed by atoms with Gasteiger partial charge in [0.15, 0.2) is 0 Å². The van der Waals surface area contributed by atoms with E-state index < -0.39 is 5.54 Å². The highest BCUT2D eigenvalue weighted by molar-refractivity contribution is 6.31. The minimum atomic E-state index is -0.622. The minimum absolute atomic E-state index is 0.0286. The average Bonchev–Trinajstić information content (AvgIpc) is 3.22. The molecule has 0 bridgehead atoms. The number of halogens is 2. The summed E-state index contributed by atoms with van der Waals surface area (Å²) in [6.07, 6.45) is 3.54. The molecule has 4 nitrogen and oxygen atoms in total. The third-order valence-corrected chi connectivity index (χ3v) is 4.84. The molecular weight excluding hydrogens is 305 g/mol. The Kier molecular flexibility index (Phi) is 4.39. The lowest BCUT2D eigenvalue weighted by atomic mass is 10.0. The molecule has 3 rings (SSSR count). The van der Waals surface area contributed by atoms with Gasteiger partial charge in [0.2, 0.25) is 5.91 Å². The molecule has 0 spiro atoms. The summed E-state index contributed by atoms with van der Waals surface area (Å²) in [5.41, 5.74) is 6.21. The molecule has 1 aliphatic carbocycles. The molecule has 6 heteroatoms. The van der Waals surface area contributed by atoms with Gasteiger partial charge >= 0.3 is 0 Å². The molecule has 1 saturated heterocycles. The van der Waals surface area contributed by atoms with Gasteiger partial charge < -0.3 is 11.1 Å². The molecular formula is C16H21ClFN3O. The van der Waals surface area contributed by atoms with Crippen molar-refractivity contribution in [3.8, 4) is 0 Å². The van der Waals surface area contributed by atoms with Crippen molar-refractivity contribution in [2.45, 2.75) is 43.8 Å². The Labute approximate surface area is 134 Å². The Morgan fingerprint density at radius 2 is 2.27 bits per heavy atom. The lowest BCUT2D eigenvalue weighted by Gasteiger charge is -2.33. The van der Waals surface area contributed by atoms with Crippen molar-refractivity contribution in [1.29, 1.82) is 0 Å². The molecule has 1 aliphatic heterocycles. The Morgan fingerprint density at radius 3 is 2.95 bits per heavy atom.